The van der Waals surface area contributed by atoms with Crippen molar-refractivity contribution in [1.29, 1.82) is 0 Å². The van der Waals surface area contributed by atoms with Crippen molar-refractivity contribution in [2.75, 3.05) is 5.32 Å². The summed E-state index contributed by atoms with van der Waals surface area (Å²) in [5.74, 6) is -0.515. The molecule has 0 spiro atoms. The van der Waals surface area contributed by atoms with E-state index in [1.807, 2.05) is 13.0 Å². The average Bonchev–Trinajstić information content (AvgIpc) is 2.74. The van der Waals surface area contributed by atoms with Gasteiger partial charge in [0.1, 0.15) is 11.5 Å². The quantitative estimate of drug-likeness (QED) is 0.270. The van der Waals surface area contributed by atoms with Crippen molar-refractivity contribution in [3.63, 3.8) is 0 Å². The molecule has 1 heterocycles. The van der Waals surface area contributed by atoms with Gasteiger partial charge in [-0.1, -0.05) is 43.1 Å². The Morgan fingerprint density at radius 1 is 1.16 bits per heavy atom. The molecule has 0 saturated carbocycles. The van der Waals surface area contributed by atoms with E-state index < -0.39 is 5.91 Å². The lowest BCUT2D eigenvalue weighted by Crippen LogP contribution is -2.15. The maximum Gasteiger partial charge on any atom is 0.259 e. The van der Waals surface area contributed by atoms with Gasteiger partial charge in [0.25, 0.3) is 5.91 Å². The molecule has 0 saturated heterocycles. The summed E-state index contributed by atoms with van der Waals surface area (Å²) in [5.41, 5.74) is 4.28. The van der Waals surface area contributed by atoms with Crippen molar-refractivity contribution in [3.05, 3.63) is 70.6 Å². The predicted molar refractivity (Wildman–Crippen MR) is 131 cm³/mol. The highest BCUT2D eigenvalue weighted by molar-refractivity contribution is 6.07. The fourth-order valence-corrected chi connectivity index (χ4v) is 3.56. The van der Waals surface area contributed by atoms with Gasteiger partial charge in [-0.3, -0.25) is 9.78 Å². The second kappa shape index (κ2) is 12.7. The molecule has 3 N–H and O–H groups in total. The number of unbranched alkanes of at least 4 members (excludes halogenated alkanes) is 2. The Labute approximate surface area is 191 Å². The number of anilines is 1. The van der Waals surface area contributed by atoms with Crippen LogP contribution in [-0.2, 0) is 12.8 Å². The van der Waals surface area contributed by atoms with Gasteiger partial charge in [-0.15, -0.1) is 0 Å². The Balaban J connectivity index is 2.33. The number of allylic oxidation sites excluding steroid dienone is 4. The summed E-state index contributed by atoms with van der Waals surface area (Å²) in [6.45, 7) is 8.31. The Kier molecular flexibility index (Phi) is 9.99. The van der Waals surface area contributed by atoms with Crippen LogP contribution in [0.5, 0.6) is 11.5 Å². The zero-order valence-corrected chi connectivity index (χ0v) is 19.7. The Morgan fingerprint density at radius 3 is 2.59 bits per heavy atom. The number of benzene rings is 1. The van der Waals surface area contributed by atoms with Crippen LogP contribution in [-0.4, -0.2) is 21.1 Å². The van der Waals surface area contributed by atoms with Gasteiger partial charge in [0, 0.05) is 11.8 Å². The number of amides is 1. The number of rotatable bonds is 11. The molecular weight excluding hydrogens is 400 g/mol. The molecule has 172 valence electrons. The molecule has 5 heteroatoms. The van der Waals surface area contributed by atoms with E-state index in [4.69, 9.17) is 0 Å². The molecule has 0 aliphatic carbocycles. The zero-order valence-electron chi connectivity index (χ0n) is 19.7. The molecule has 1 aromatic carbocycles. The van der Waals surface area contributed by atoms with E-state index in [0.717, 1.165) is 32.1 Å². The summed E-state index contributed by atoms with van der Waals surface area (Å²) in [4.78, 5) is 17.1. The summed E-state index contributed by atoms with van der Waals surface area (Å²) in [5, 5.41) is 24.5. The number of nitrogens with zero attached hydrogens (tertiary/aromatic N) is 1. The third-order valence-corrected chi connectivity index (χ3v) is 5.41. The van der Waals surface area contributed by atoms with Gasteiger partial charge in [-0.05, 0) is 76.6 Å². The van der Waals surface area contributed by atoms with E-state index in [-0.39, 0.29) is 17.1 Å². The third-order valence-electron chi connectivity index (χ3n) is 5.41. The lowest BCUT2D eigenvalue weighted by Gasteiger charge is -2.16. The number of phenols is 2. The Hall–Kier alpha value is -3.08. The first-order chi connectivity index (χ1) is 15.3. The lowest BCUT2D eigenvalue weighted by atomic mass is 9.94. The molecule has 2 rings (SSSR count). The second-order valence-electron chi connectivity index (χ2n) is 8.48. The molecule has 0 atom stereocenters. The first-order valence-corrected chi connectivity index (χ1v) is 11.4. The fourth-order valence-electron chi connectivity index (χ4n) is 3.56. The van der Waals surface area contributed by atoms with E-state index in [2.05, 4.69) is 37.1 Å². The fraction of sp³-hybridized carbons (Fsp3) is 0.407. The number of aromatic nitrogens is 1. The van der Waals surface area contributed by atoms with Crippen LogP contribution in [0.15, 0.2) is 53.9 Å². The van der Waals surface area contributed by atoms with Gasteiger partial charge in [-0.2, -0.15) is 0 Å². The maximum absolute atomic E-state index is 13.1. The normalized spacial score (nSPS) is 11.3. The van der Waals surface area contributed by atoms with Crippen molar-refractivity contribution < 1.29 is 15.0 Å². The van der Waals surface area contributed by atoms with Gasteiger partial charge >= 0.3 is 0 Å². The smallest absolute Gasteiger partial charge is 0.259 e. The molecular formula is C27H36N2O3. The van der Waals surface area contributed by atoms with Crippen molar-refractivity contribution in [3.8, 4) is 11.5 Å². The summed E-state index contributed by atoms with van der Waals surface area (Å²) < 4.78 is 0. The average molecular weight is 437 g/mol. The third kappa shape index (κ3) is 7.56. The number of carbonyl (C=O) groups is 1. The van der Waals surface area contributed by atoms with Crippen molar-refractivity contribution in [1.82, 2.24) is 4.98 Å². The Bertz CT molecular complexity index is 959. The molecule has 5 nitrogen and oxygen atoms in total. The molecule has 1 aromatic heterocycles. The van der Waals surface area contributed by atoms with Gasteiger partial charge < -0.3 is 15.5 Å². The first-order valence-electron chi connectivity index (χ1n) is 11.4. The highest BCUT2D eigenvalue weighted by Gasteiger charge is 2.22. The van der Waals surface area contributed by atoms with E-state index >= 15 is 0 Å². The minimum Gasteiger partial charge on any atom is -0.508 e. The number of carbonyl (C=O) groups excluding carboxylic acids is 1. The highest BCUT2D eigenvalue weighted by Crippen LogP contribution is 2.36. The Morgan fingerprint density at radius 2 is 1.94 bits per heavy atom. The molecule has 1 amide bonds. The monoisotopic (exact) mass is 436 g/mol. The minimum absolute atomic E-state index is 0.0280. The van der Waals surface area contributed by atoms with Crippen LogP contribution >= 0.6 is 0 Å². The van der Waals surface area contributed by atoms with Crippen LogP contribution in [0.25, 0.3) is 0 Å². The SMILES string of the molecule is CCCCCc1cc(O)c(C/C=C(\C)CCC=C(C)C)c(O)c1C(=O)Nc1cccnc1. The lowest BCUT2D eigenvalue weighted by molar-refractivity contribution is 0.102. The molecule has 0 bridgehead atoms. The van der Waals surface area contributed by atoms with Crippen molar-refractivity contribution >= 4 is 11.6 Å². The summed E-state index contributed by atoms with van der Waals surface area (Å²) in [6, 6.07) is 5.12. The van der Waals surface area contributed by atoms with Crippen LogP contribution in [0, 0.1) is 0 Å². The van der Waals surface area contributed by atoms with Gasteiger partial charge in [0.15, 0.2) is 0 Å². The maximum atomic E-state index is 13.1. The van der Waals surface area contributed by atoms with Gasteiger partial charge in [0.2, 0.25) is 0 Å². The molecule has 0 aliphatic heterocycles. The molecule has 0 unspecified atom stereocenters. The predicted octanol–water partition coefficient (Wildman–Crippen LogP) is 6.71. The van der Waals surface area contributed by atoms with Crippen LogP contribution in [0.3, 0.4) is 0 Å². The van der Waals surface area contributed by atoms with Gasteiger partial charge in [0.05, 0.1) is 17.4 Å². The largest absolute Gasteiger partial charge is 0.508 e. The molecule has 0 fully saturated rings. The van der Waals surface area contributed by atoms with E-state index in [9.17, 15) is 15.0 Å². The first kappa shape index (κ1) is 25.2. The summed E-state index contributed by atoms with van der Waals surface area (Å²) >= 11 is 0. The van der Waals surface area contributed by atoms with Crippen molar-refractivity contribution in [2.24, 2.45) is 0 Å². The van der Waals surface area contributed by atoms with E-state index in [1.54, 1.807) is 30.6 Å². The molecule has 0 aliphatic rings. The molecule has 32 heavy (non-hydrogen) atoms. The van der Waals surface area contributed by atoms with Gasteiger partial charge in [-0.25, -0.2) is 0 Å². The second-order valence-corrected chi connectivity index (χ2v) is 8.48. The molecule has 0 radical (unpaired) electrons. The van der Waals surface area contributed by atoms with Crippen LogP contribution in [0.4, 0.5) is 5.69 Å². The summed E-state index contributed by atoms with van der Waals surface area (Å²) in [6.07, 6.45) is 13.2. The van der Waals surface area contributed by atoms with E-state index in [1.165, 1.54) is 11.1 Å². The van der Waals surface area contributed by atoms with Crippen molar-refractivity contribution in [2.45, 2.75) is 72.6 Å². The topological polar surface area (TPSA) is 82.5 Å². The van der Waals surface area contributed by atoms with Crippen LogP contribution in [0.1, 0.15) is 81.3 Å². The van der Waals surface area contributed by atoms with E-state index in [0.29, 0.717) is 29.7 Å². The van der Waals surface area contributed by atoms with Crippen LogP contribution < -0.4 is 5.32 Å². The number of hydrogen-bond acceptors (Lipinski definition) is 4. The number of hydrogen-bond donors (Lipinski definition) is 3. The standard InChI is InChI=1S/C27H36N2O3/c1-5-6-7-12-21-17-24(30)23(15-14-20(4)11-8-10-19(2)3)26(31)25(21)27(32)29-22-13-9-16-28-18-22/h9-10,13-14,16-18,30-31H,5-8,11-12,15H2,1-4H3,(H,29,32)/b20-14+. The number of nitrogens with one attached hydrogen (secondary N) is 1. The van der Waals surface area contributed by atoms with Crippen LogP contribution in [0.2, 0.25) is 0 Å². The highest BCUT2D eigenvalue weighted by atomic mass is 16.3. The number of aryl methyl sites for hydroxylation is 1. The number of aromatic hydroxyl groups is 2. The molecule has 2 aromatic rings. The number of pyridine rings is 1. The summed E-state index contributed by atoms with van der Waals surface area (Å²) in [7, 11) is 0. The minimum atomic E-state index is -0.396. The zero-order chi connectivity index (χ0) is 23.5. The number of phenolic OH excluding ortho intramolecular Hbond substituents is 2.